The molecule has 2 aliphatic heterocycles. The summed E-state index contributed by atoms with van der Waals surface area (Å²) in [6.07, 6.45) is 8.56. The van der Waals surface area contributed by atoms with Crippen LogP contribution in [0.5, 0.6) is 0 Å². The molecule has 8 heteroatoms. The normalized spacial score (nSPS) is 12.4. The van der Waals surface area contributed by atoms with Crippen LogP contribution in [0.1, 0.15) is 22.8 Å². The first kappa shape index (κ1) is 25.9. The number of thiophene rings is 4. The monoisotopic (exact) mass is 638 g/mol. The molecule has 2 N–H and O–H groups in total. The van der Waals surface area contributed by atoms with Crippen LogP contribution in [0.25, 0.3) is 88.1 Å². The van der Waals surface area contributed by atoms with Gasteiger partial charge in [-0.3, -0.25) is 0 Å². The molecular weight excluding hydrogens is 617 g/mol. The summed E-state index contributed by atoms with van der Waals surface area (Å²) >= 11 is 6.91. The average Bonchev–Trinajstić information content (AvgIpc) is 3.90. The number of hydrogen-bond donors (Lipinski definition) is 2. The fourth-order valence-electron chi connectivity index (χ4n) is 5.93. The molecule has 0 aromatic carbocycles. The van der Waals surface area contributed by atoms with Crippen molar-refractivity contribution in [2.24, 2.45) is 0 Å². The molecule has 0 saturated heterocycles. The topological polar surface area (TPSA) is 57.4 Å². The van der Waals surface area contributed by atoms with E-state index in [1.807, 2.05) is 0 Å². The van der Waals surface area contributed by atoms with Gasteiger partial charge in [-0.1, -0.05) is 24.3 Å². The number of H-pyrrole nitrogens is 2. The maximum atomic E-state index is 5.29. The number of fused-ring (bicyclic) bond motifs is 8. The summed E-state index contributed by atoms with van der Waals surface area (Å²) in [5.41, 5.74) is 12.3. The van der Waals surface area contributed by atoms with E-state index in [1.54, 1.807) is 45.3 Å². The summed E-state index contributed by atoms with van der Waals surface area (Å²) in [7, 11) is 0. The molecule has 0 aliphatic carbocycles. The van der Waals surface area contributed by atoms with E-state index >= 15 is 0 Å². The van der Waals surface area contributed by atoms with E-state index in [9.17, 15) is 0 Å². The second-order valence-electron chi connectivity index (χ2n) is 10.4. The van der Waals surface area contributed by atoms with E-state index in [4.69, 9.17) is 9.97 Å². The van der Waals surface area contributed by atoms with Gasteiger partial charge in [0.1, 0.15) is 0 Å². The Morgan fingerprint density at radius 3 is 1.05 bits per heavy atom. The third-order valence-corrected chi connectivity index (χ3v) is 11.4. The standard InChI is InChI=1S/C36H22N4S4/c1-5-29(41-17-1)33-21-9-11-23(37-21)34(30-6-2-18-42-30)25-13-15-27(39-25)36(32-8-4-20-44-32)28-16-14-26(40-28)35(31-7-3-19-43-31)24-12-10-22(33)38-24/h1-20,37-38H. The predicted molar refractivity (Wildman–Crippen MR) is 192 cm³/mol. The number of aromatic nitrogens is 4. The maximum absolute atomic E-state index is 5.29. The lowest BCUT2D eigenvalue weighted by Gasteiger charge is -2.03. The van der Waals surface area contributed by atoms with Gasteiger partial charge in [-0.25, -0.2) is 9.97 Å². The number of hydrogen-bond acceptors (Lipinski definition) is 6. The van der Waals surface area contributed by atoms with E-state index in [0.717, 1.165) is 72.0 Å². The lowest BCUT2D eigenvalue weighted by molar-refractivity contribution is 1.28. The highest BCUT2D eigenvalue weighted by Crippen LogP contribution is 2.40. The van der Waals surface area contributed by atoms with Gasteiger partial charge >= 0.3 is 0 Å². The van der Waals surface area contributed by atoms with E-state index < -0.39 is 0 Å². The van der Waals surface area contributed by atoms with Crippen LogP contribution in [0.2, 0.25) is 0 Å². The Balaban J connectivity index is 1.49. The molecule has 9 rings (SSSR count). The van der Waals surface area contributed by atoms with Gasteiger partial charge in [0.05, 0.1) is 22.8 Å². The summed E-state index contributed by atoms with van der Waals surface area (Å²) in [5, 5.41) is 8.50. The molecule has 0 saturated carbocycles. The van der Waals surface area contributed by atoms with Crippen molar-refractivity contribution in [2.45, 2.75) is 0 Å². The highest BCUT2D eigenvalue weighted by atomic mass is 32.1. The van der Waals surface area contributed by atoms with Crippen LogP contribution in [-0.2, 0) is 0 Å². The third kappa shape index (κ3) is 4.30. The Morgan fingerprint density at radius 1 is 0.364 bits per heavy atom. The van der Waals surface area contributed by atoms with Gasteiger partial charge in [0, 0.05) is 63.8 Å². The molecule has 4 nitrogen and oxygen atoms in total. The van der Waals surface area contributed by atoms with Gasteiger partial charge in [0.15, 0.2) is 0 Å². The summed E-state index contributed by atoms with van der Waals surface area (Å²) in [5.74, 6) is 0. The molecule has 9 heterocycles. The van der Waals surface area contributed by atoms with Gasteiger partial charge < -0.3 is 9.97 Å². The molecule has 0 spiro atoms. The first-order valence-corrected chi connectivity index (χ1v) is 17.6. The van der Waals surface area contributed by atoms with Crippen molar-refractivity contribution in [1.82, 2.24) is 19.9 Å². The molecular formula is C36H22N4S4. The van der Waals surface area contributed by atoms with Crippen molar-refractivity contribution in [3.63, 3.8) is 0 Å². The molecule has 0 fully saturated rings. The fourth-order valence-corrected chi connectivity index (χ4v) is 9.10. The van der Waals surface area contributed by atoms with Crippen LogP contribution in [0.4, 0.5) is 0 Å². The molecule has 0 atom stereocenters. The summed E-state index contributed by atoms with van der Waals surface area (Å²) < 4.78 is 0. The van der Waals surface area contributed by atoms with E-state index in [1.165, 1.54) is 14.6 Å². The second-order valence-corrected chi connectivity index (χ2v) is 14.2. The number of rotatable bonds is 4. The third-order valence-electron chi connectivity index (χ3n) is 7.82. The van der Waals surface area contributed by atoms with Crippen molar-refractivity contribution in [3.8, 4) is 41.8 Å². The van der Waals surface area contributed by atoms with Crippen molar-refractivity contribution in [3.05, 3.63) is 117 Å². The number of nitrogens with one attached hydrogen (secondary N) is 2. The Bertz CT molecular complexity index is 2230. The van der Waals surface area contributed by atoms with E-state index in [0.29, 0.717) is 0 Å². The lowest BCUT2D eigenvalue weighted by Crippen LogP contribution is -1.88. The predicted octanol–water partition coefficient (Wildman–Crippen LogP) is 11.6. The van der Waals surface area contributed by atoms with Crippen LogP contribution in [0, 0.1) is 0 Å². The van der Waals surface area contributed by atoms with Gasteiger partial charge in [-0.2, -0.15) is 0 Å². The number of nitrogens with zero attached hydrogens (tertiary/aromatic N) is 2. The van der Waals surface area contributed by atoms with Crippen LogP contribution < -0.4 is 0 Å². The average molecular weight is 639 g/mol. The Labute approximate surface area is 269 Å². The Morgan fingerprint density at radius 2 is 0.682 bits per heavy atom. The van der Waals surface area contributed by atoms with Gasteiger partial charge in [-0.15, -0.1) is 45.3 Å². The molecule has 7 aromatic heterocycles. The minimum atomic E-state index is 0.922. The van der Waals surface area contributed by atoms with Gasteiger partial charge in [0.25, 0.3) is 0 Å². The SMILES string of the molecule is C1=Cc2nc1c(-c1cccs1)c1nc(c(-c3cccs3)c3ccc([nH]3)c(-c3cccs3)c3ccc([nH]3)c2-c2cccs2)C=C1. The molecule has 8 bridgehead atoms. The minimum absolute atomic E-state index is 0.922. The molecule has 2 aliphatic rings. The van der Waals surface area contributed by atoms with Crippen molar-refractivity contribution < 1.29 is 0 Å². The van der Waals surface area contributed by atoms with Crippen LogP contribution in [-0.4, -0.2) is 19.9 Å². The fraction of sp³-hybridized carbons (Fsp3) is 0. The smallest absolute Gasteiger partial charge is 0.0746 e. The highest BCUT2D eigenvalue weighted by molar-refractivity contribution is 7.14. The van der Waals surface area contributed by atoms with Crippen LogP contribution in [0.3, 0.4) is 0 Å². The van der Waals surface area contributed by atoms with Crippen molar-refractivity contribution >= 4 is 91.7 Å². The number of aromatic amines is 2. The van der Waals surface area contributed by atoms with Gasteiger partial charge in [0.2, 0.25) is 0 Å². The molecule has 0 unspecified atom stereocenters. The molecule has 0 amide bonds. The van der Waals surface area contributed by atoms with Crippen LogP contribution in [0.15, 0.2) is 94.3 Å². The lowest BCUT2D eigenvalue weighted by atomic mass is 10.1. The summed E-state index contributed by atoms with van der Waals surface area (Å²) in [6, 6.07) is 25.8. The van der Waals surface area contributed by atoms with Crippen LogP contribution >= 0.6 is 45.3 Å². The first-order chi connectivity index (χ1) is 21.8. The zero-order chi connectivity index (χ0) is 29.0. The molecule has 7 aromatic rings. The zero-order valence-electron chi connectivity index (χ0n) is 23.1. The van der Waals surface area contributed by atoms with E-state index in [-0.39, 0.29) is 0 Å². The van der Waals surface area contributed by atoms with Crippen molar-refractivity contribution in [2.75, 3.05) is 0 Å². The van der Waals surface area contributed by atoms with Gasteiger partial charge in [-0.05, 0) is 94.4 Å². The first-order valence-electron chi connectivity index (χ1n) is 14.1. The quantitative estimate of drug-likeness (QED) is 0.201. The maximum Gasteiger partial charge on any atom is 0.0746 e. The molecule has 210 valence electrons. The van der Waals surface area contributed by atoms with Crippen molar-refractivity contribution in [1.29, 1.82) is 0 Å². The zero-order valence-corrected chi connectivity index (χ0v) is 26.3. The molecule has 44 heavy (non-hydrogen) atoms. The minimum Gasteiger partial charge on any atom is -0.354 e. The van der Waals surface area contributed by atoms with E-state index in [2.05, 4.69) is 129 Å². The second kappa shape index (κ2) is 10.5. The Hall–Kier alpha value is -4.60. The highest BCUT2D eigenvalue weighted by Gasteiger charge is 2.20. The molecule has 0 radical (unpaired) electrons. The summed E-state index contributed by atoms with van der Waals surface area (Å²) in [6.45, 7) is 0. The summed E-state index contributed by atoms with van der Waals surface area (Å²) in [4.78, 5) is 22.9. The largest absolute Gasteiger partial charge is 0.354 e. The Kier molecular flexibility index (Phi) is 6.19.